The molecule has 3 aliphatic heterocycles. The summed E-state index contributed by atoms with van der Waals surface area (Å²) in [7, 11) is 1.60. The highest BCUT2D eigenvalue weighted by molar-refractivity contribution is 5.97. The number of fused-ring (bicyclic) bond motifs is 3. The number of piperidine rings is 3. The van der Waals surface area contributed by atoms with Crippen molar-refractivity contribution in [2.45, 2.75) is 51.4 Å². The summed E-state index contributed by atoms with van der Waals surface area (Å²) >= 11 is 0. The van der Waals surface area contributed by atoms with Gasteiger partial charge in [-0.05, 0) is 50.6 Å². The van der Waals surface area contributed by atoms with Crippen molar-refractivity contribution in [3.05, 3.63) is 65.7 Å². The topological polar surface area (TPSA) is 90.9 Å². The molecular weight excluding hydrogens is 552 g/mol. The van der Waals surface area contributed by atoms with E-state index in [1.54, 1.807) is 64.3 Å². The summed E-state index contributed by atoms with van der Waals surface area (Å²) in [5.74, 6) is 0.512. The van der Waals surface area contributed by atoms with E-state index < -0.39 is 23.7 Å². The Labute approximate surface area is 235 Å². The first-order valence-corrected chi connectivity index (χ1v) is 12.8. The number of benzene rings is 2. The number of rotatable bonds is 8. The van der Waals surface area contributed by atoms with Gasteiger partial charge in [-0.1, -0.05) is 30.3 Å². The Morgan fingerprint density at radius 1 is 1.00 bits per heavy atom. The molecule has 2 atom stereocenters. The Balaban J connectivity index is 0.00000400. The van der Waals surface area contributed by atoms with Crippen molar-refractivity contribution in [3.8, 4) is 5.75 Å². The van der Waals surface area contributed by atoms with E-state index in [2.05, 4.69) is 5.32 Å². The van der Waals surface area contributed by atoms with Crippen LogP contribution in [0.4, 0.5) is 4.79 Å². The number of ether oxygens (including phenoxy) is 3. The van der Waals surface area contributed by atoms with Crippen LogP contribution in [0.3, 0.4) is 0 Å². The summed E-state index contributed by atoms with van der Waals surface area (Å²) in [6, 6.07) is 15.2. The second kappa shape index (κ2) is 12.3. The van der Waals surface area contributed by atoms with E-state index in [9.17, 15) is 14.4 Å². The summed E-state index contributed by atoms with van der Waals surface area (Å²) in [6.07, 6.45) is 0.790. The molecule has 1 unspecified atom stereocenters. The number of Topliss-reactive ketones (excluding diaryl/α,β-unsaturated/α-hetero) is 1. The molecule has 8 nitrogen and oxygen atoms in total. The van der Waals surface area contributed by atoms with Crippen LogP contribution in [0.5, 0.6) is 5.75 Å². The molecule has 38 heavy (non-hydrogen) atoms. The molecule has 2 bridgehead atoms. The first-order valence-electron chi connectivity index (χ1n) is 12.8. The van der Waals surface area contributed by atoms with Gasteiger partial charge in [0.25, 0.3) is 0 Å². The molecule has 3 heterocycles. The Morgan fingerprint density at radius 2 is 1.63 bits per heavy atom. The van der Waals surface area contributed by atoms with Crippen LogP contribution in [0.25, 0.3) is 0 Å². The number of hydrogen-bond donors (Lipinski definition) is 1. The smallest absolute Gasteiger partial charge is 0.408 e. The molecule has 0 spiro atoms. The highest BCUT2D eigenvalue weighted by Crippen LogP contribution is 2.36. The number of ketones is 1. The molecule has 3 saturated heterocycles. The van der Waals surface area contributed by atoms with Crippen molar-refractivity contribution in [2.75, 3.05) is 33.3 Å². The molecule has 1 N–H and O–H groups in total. The van der Waals surface area contributed by atoms with Crippen LogP contribution in [0.1, 0.15) is 55.6 Å². The second-order valence-electron chi connectivity index (χ2n) is 11.1. The molecule has 0 radical (unpaired) electrons. The van der Waals surface area contributed by atoms with Crippen LogP contribution >= 0.6 is 0 Å². The lowest BCUT2D eigenvalue weighted by molar-refractivity contribution is -0.938. The number of methoxy groups -OCH3 is 1. The molecule has 3 fully saturated rings. The molecule has 0 aromatic heterocycles. The zero-order valence-corrected chi connectivity index (χ0v) is 24.0. The normalized spacial score (nSPS) is 22.9. The van der Waals surface area contributed by atoms with E-state index >= 15 is 0 Å². The van der Waals surface area contributed by atoms with Gasteiger partial charge in [0.2, 0.25) is 5.78 Å². The summed E-state index contributed by atoms with van der Waals surface area (Å²) in [6.45, 7) is 8.04. The molecule has 206 valence electrons. The highest BCUT2D eigenvalue weighted by atomic mass is 79.9. The summed E-state index contributed by atoms with van der Waals surface area (Å²) in [5.41, 5.74) is 0.580. The lowest BCUT2D eigenvalue weighted by atomic mass is 9.82. The number of hydrogen-bond acceptors (Lipinski definition) is 6. The van der Waals surface area contributed by atoms with Gasteiger partial charge in [0.05, 0.1) is 20.2 Å². The number of nitrogens with one attached hydrogen (secondary N) is 1. The Bertz CT molecular complexity index is 1110. The first-order chi connectivity index (χ1) is 17.6. The van der Waals surface area contributed by atoms with Gasteiger partial charge in [-0.25, -0.2) is 9.59 Å². The van der Waals surface area contributed by atoms with Gasteiger partial charge in [0.1, 0.15) is 24.4 Å². The van der Waals surface area contributed by atoms with E-state index in [0.717, 1.165) is 25.9 Å². The monoisotopic (exact) mass is 588 g/mol. The molecule has 1 amide bonds. The van der Waals surface area contributed by atoms with E-state index in [0.29, 0.717) is 34.4 Å². The van der Waals surface area contributed by atoms with Crippen LogP contribution < -0.4 is 27.0 Å². The average molecular weight is 590 g/mol. The molecule has 2 aromatic carbocycles. The van der Waals surface area contributed by atoms with Gasteiger partial charge < -0.3 is 41.0 Å². The maximum atomic E-state index is 13.4. The number of alkyl carbamates (subject to hydrolysis) is 1. The molecule has 3 aliphatic rings. The van der Waals surface area contributed by atoms with Crippen molar-refractivity contribution < 1.29 is 50.1 Å². The van der Waals surface area contributed by atoms with Gasteiger partial charge in [0.15, 0.2) is 12.1 Å². The number of halogens is 1. The third-order valence-corrected chi connectivity index (χ3v) is 7.23. The lowest BCUT2D eigenvalue weighted by Gasteiger charge is -2.51. The molecular formula is C29H37BrN2O6. The second-order valence-corrected chi connectivity index (χ2v) is 11.1. The summed E-state index contributed by atoms with van der Waals surface area (Å²) in [4.78, 5) is 39.1. The molecule has 2 aromatic rings. The van der Waals surface area contributed by atoms with E-state index in [1.165, 1.54) is 0 Å². The Kier molecular flexibility index (Phi) is 9.59. The minimum atomic E-state index is -0.985. The highest BCUT2D eigenvalue weighted by Gasteiger charge is 2.49. The number of nitrogens with zero attached hydrogens (tertiary/aromatic N) is 1. The van der Waals surface area contributed by atoms with Gasteiger partial charge >= 0.3 is 12.1 Å². The van der Waals surface area contributed by atoms with E-state index in [-0.39, 0.29) is 34.8 Å². The minimum Gasteiger partial charge on any atom is -1.00 e. The van der Waals surface area contributed by atoms with Crippen molar-refractivity contribution >= 4 is 17.8 Å². The predicted octanol–water partition coefficient (Wildman–Crippen LogP) is 1.30. The van der Waals surface area contributed by atoms with Crippen molar-refractivity contribution in [1.82, 2.24) is 5.32 Å². The summed E-state index contributed by atoms with van der Waals surface area (Å²) < 4.78 is 17.3. The fourth-order valence-corrected chi connectivity index (χ4v) is 5.32. The quantitative estimate of drug-likeness (QED) is 0.284. The molecule has 0 aliphatic carbocycles. The van der Waals surface area contributed by atoms with Crippen LogP contribution in [-0.2, 0) is 14.3 Å². The number of esters is 1. The zero-order valence-electron chi connectivity index (χ0n) is 22.4. The number of carbonyl (C=O) groups excluding carboxylic acids is 3. The maximum absolute atomic E-state index is 13.4. The van der Waals surface area contributed by atoms with E-state index in [1.807, 2.05) is 18.2 Å². The van der Waals surface area contributed by atoms with Crippen LogP contribution in [0.15, 0.2) is 54.6 Å². The Hall–Kier alpha value is -2.91. The van der Waals surface area contributed by atoms with Crippen molar-refractivity contribution in [2.24, 2.45) is 5.92 Å². The number of amides is 1. The zero-order chi connectivity index (χ0) is 26.6. The molecule has 5 rings (SSSR count). The molecule has 0 saturated carbocycles. The fraction of sp³-hybridized carbons (Fsp3) is 0.483. The largest absolute Gasteiger partial charge is 1.00 e. The van der Waals surface area contributed by atoms with Crippen molar-refractivity contribution in [1.29, 1.82) is 0 Å². The van der Waals surface area contributed by atoms with Crippen LogP contribution in [-0.4, -0.2) is 67.3 Å². The fourth-order valence-electron chi connectivity index (χ4n) is 5.32. The van der Waals surface area contributed by atoms with Gasteiger partial charge in [-0.15, -0.1) is 0 Å². The number of quaternary nitrogens is 1. The third kappa shape index (κ3) is 7.35. The van der Waals surface area contributed by atoms with Crippen LogP contribution in [0, 0.1) is 5.92 Å². The Morgan fingerprint density at radius 3 is 2.21 bits per heavy atom. The lowest BCUT2D eigenvalue weighted by Crippen LogP contribution is -3.00. The van der Waals surface area contributed by atoms with Gasteiger partial charge in [0, 0.05) is 24.3 Å². The maximum Gasteiger partial charge on any atom is 0.408 e. The SMILES string of the molecule is COc1ccc(C(=O)C[N+]23CCC(CC2)[C@@H](OC(=O)C(NC(=O)OC(C)(C)C)c2ccccc2)C3)cc1.[Br-]. The van der Waals surface area contributed by atoms with Gasteiger partial charge in [-0.3, -0.25) is 4.79 Å². The molecule has 9 heteroatoms. The van der Waals surface area contributed by atoms with Crippen molar-refractivity contribution in [3.63, 3.8) is 0 Å². The third-order valence-electron chi connectivity index (χ3n) is 7.23. The number of carbonyl (C=O) groups is 3. The standard InChI is InChI=1S/C29H36N2O6.BrH/c1-29(2,3)37-28(34)30-26(22-8-6-5-7-9-22)27(33)36-25-19-31(16-14-21(25)15-17-31)18-24(32)20-10-12-23(35-4)13-11-20;/h5-13,21,25-26H,14-19H2,1-4H3;1H/t21?,25-,26?,31?;/m0./s1. The summed E-state index contributed by atoms with van der Waals surface area (Å²) in [5, 5.41) is 2.69. The average Bonchev–Trinajstić information content (AvgIpc) is 2.87. The van der Waals surface area contributed by atoms with E-state index in [4.69, 9.17) is 14.2 Å². The minimum absolute atomic E-state index is 0. The van der Waals surface area contributed by atoms with Gasteiger partial charge in [-0.2, -0.15) is 0 Å². The predicted molar refractivity (Wildman–Crippen MR) is 138 cm³/mol. The van der Waals surface area contributed by atoms with Crippen LogP contribution in [0.2, 0.25) is 0 Å². The first kappa shape index (κ1) is 29.6.